The van der Waals surface area contributed by atoms with Gasteiger partial charge < -0.3 is 9.47 Å². The van der Waals surface area contributed by atoms with Gasteiger partial charge in [0.1, 0.15) is 18.2 Å². The highest BCUT2D eigenvalue weighted by Gasteiger charge is 2.22. The van der Waals surface area contributed by atoms with Crippen LogP contribution >= 0.6 is 11.3 Å². The molecule has 42 heavy (non-hydrogen) atoms. The summed E-state index contributed by atoms with van der Waals surface area (Å²) in [5, 5.41) is 10.9. The van der Waals surface area contributed by atoms with Gasteiger partial charge in [0.25, 0.3) is 11.1 Å². The highest BCUT2D eigenvalue weighted by atomic mass is 32.1. The molecule has 1 amide bonds. The highest BCUT2D eigenvalue weighted by Crippen LogP contribution is 2.35. The second kappa shape index (κ2) is 17.5. The van der Waals surface area contributed by atoms with Crippen LogP contribution in [0.4, 0.5) is 18.3 Å². The van der Waals surface area contributed by atoms with Crippen molar-refractivity contribution in [2.24, 2.45) is 4.99 Å². The van der Waals surface area contributed by atoms with Crippen LogP contribution in [0.15, 0.2) is 88.6 Å². The number of allylic oxidation sites excluding steroid dienone is 8. The first-order valence-electron chi connectivity index (χ1n) is 13.2. The predicted molar refractivity (Wildman–Crippen MR) is 164 cm³/mol. The van der Waals surface area contributed by atoms with Crippen LogP contribution in [0.5, 0.6) is 10.9 Å². The first-order valence-corrected chi connectivity index (χ1v) is 14.0. The van der Waals surface area contributed by atoms with Crippen LogP contribution in [0.25, 0.3) is 5.57 Å². The largest absolute Gasteiger partial charge is 0.462 e. The lowest BCUT2D eigenvalue weighted by atomic mass is 9.95. The normalized spacial score (nSPS) is 13.0. The van der Waals surface area contributed by atoms with Crippen molar-refractivity contribution in [1.82, 2.24) is 10.2 Å². The van der Waals surface area contributed by atoms with Gasteiger partial charge in [0, 0.05) is 17.4 Å². The molecule has 11 heteroatoms. The van der Waals surface area contributed by atoms with Crippen molar-refractivity contribution in [2.75, 3.05) is 11.9 Å². The zero-order valence-electron chi connectivity index (χ0n) is 24.3. The lowest BCUT2D eigenvalue weighted by molar-refractivity contribution is -0.112. The Hall–Kier alpha value is -4.25. The molecule has 1 N–H and O–H groups in total. The maximum Gasteiger partial charge on any atom is 0.387 e. The van der Waals surface area contributed by atoms with Crippen LogP contribution in [0.2, 0.25) is 0 Å². The molecular formula is C31H35F3N4O3S. The Morgan fingerprint density at radius 2 is 1.98 bits per heavy atom. The van der Waals surface area contributed by atoms with E-state index in [2.05, 4.69) is 31.8 Å². The Kier molecular flexibility index (Phi) is 14.2. The number of hydrogen-bond donors (Lipinski definition) is 1. The number of carbonyl (C=O) groups is 1. The molecule has 1 aromatic heterocycles. The monoisotopic (exact) mass is 600 g/mol. The van der Waals surface area contributed by atoms with E-state index < -0.39 is 24.1 Å². The van der Waals surface area contributed by atoms with Gasteiger partial charge in [-0.05, 0) is 62.7 Å². The number of carbonyl (C=O) groups excluding carboxylic acids is 1. The van der Waals surface area contributed by atoms with Crippen molar-refractivity contribution in [3.63, 3.8) is 0 Å². The first kappa shape index (κ1) is 34.0. The maximum absolute atomic E-state index is 15.1. The Morgan fingerprint density at radius 1 is 1.21 bits per heavy atom. The van der Waals surface area contributed by atoms with Crippen molar-refractivity contribution >= 4 is 34.2 Å². The minimum absolute atomic E-state index is 0.0173. The highest BCUT2D eigenvalue weighted by molar-refractivity contribution is 7.17. The number of hydrogen-bond acceptors (Lipinski definition) is 7. The Labute approximate surface area is 248 Å². The fourth-order valence-electron chi connectivity index (χ4n) is 3.45. The Bertz CT molecular complexity index is 1420. The number of rotatable bonds is 15. The summed E-state index contributed by atoms with van der Waals surface area (Å²) in [4.78, 5) is 17.9. The summed E-state index contributed by atoms with van der Waals surface area (Å²) in [6.07, 6.45) is 13.3. The summed E-state index contributed by atoms with van der Waals surface area (Å²) in [5.41, 5.74) is 2.05. The SMILES string of the molecule is C=CC(/C=N\C(=C/C)COc1nnc(NC(=O)C(/C=C/CC)=C(/C=C(C)C)c2c(F)cccc2OC(F)F)s1)=C\CC. The van der Waals surface area contributed by atoms with Gasteiger partial charge in [-0.3, -0.25) is 15.1 Å². The lowest BCUT2D eigenvalue weighted by Crippen LogP contribution is -2.15. The number of benzene rings is 1. The second-order valence-electron chi connectivity index (χ2n) is 8.82. The third-order valence-electron chi connectivity index (χ3n) is 5.31. The van der Waals surface area contributed by atoms with Crippen molar-refractivity contribution in [3.8, 4) is 10.9 Å². The summed E-state index contributed by atoms with van der Waals surface area (Å²) >= 11 is 0.985. The average Bonchev–Trinajstić information content (AvgIpc) is 3.38. The maximum atomic E-state index is 15.1. The van der Waals surface area contributed by atoms with E-state index in [1.165, 1.54) is 24.3 Å². The van der Waals surface area contributed by atoms with E-state index in [0.29, 0.717) is 17.7 Å². The molecule has 0 saturated heterocycles. The lowest BCUT2D eigenvalue weighted by Gasteiger charge is -2.16. The molecule has 1 aromatic carbocycles. The van der Waals surface area contributed by atoms with Gasteiger partial charge >= 0.3 is 6.61 Å². The van der Waals surface area contributed by atoms with Gasteiger partial charge in [-0.2, -0.15) is 8.78 Å². The van der Waals surface area contributed by atoms with Gasteiger partial charge in [-0.1, -0.05) is 73.6 Å². The van der Waals surface area contributed by atoms with Gasteiger partial charge in [-0.25, -0.2) is 4.39 Å². The molecular weight excluding hydrogens is 565 g/mol. The quantitative estimate of drug-likeness (QED) is 0.126. The predicted octanol–water partition coefficient (Wildman–Crippen LogP) is 8.48. The molecule has 0 aliphatic carbocycles. The molecule has 0 fully saturated rings. The van der Waals surface area contributed by atoms with Crippen molar-refractivity contribution in [3.05, 3.63) is 95.0 Å². The van der Waals surface area contributed by atoms with Crippen LogP contribution in [-0.2, 0) is 4.79 Å². The van der Waals surface area contributed by atoms with Crippen LogP contribution in [-0.4, -0.2) is 35.5 Å². The average molecular weight is 601 g/mol. The van der Waals surface area contributed by atoms with E-state index in [1.807, 2.05) is 26.8 Å². The molecule has 0 radical (unpaired) electrons. The van der Waals surface area contributed by atoms with Gasteiger partial charge in [-0.15, -0.1) is 5.10 Å². The molecule has 0 saturated carbocycles. The minimum atomic E-state index is -3.19. The molecule has 224 valence electrons. The summed E-state index contributed by atoms with van der Waals surface area (Å²) in [5.74, 6) is -1.87. The first-order chi connectivity index (χ1) is 20.1. The molecule has 0 unspecified atom stereocenters. The topological polar surface area (TPSA) is 85.7 Å². The number of ether oxygens (including phenoxy) is 2. The van der Waals surface area contributed by atoms with Crippen LogP contribution < -0.4 is 14.8 Å². The van der Waals surface area contributed by atoms with E-state index in [9.17, 15) is 13.6 Å². The van der Waals surface area contributed by atoms with E-state index in [4.69, 9.17) is 4.74 Å². The van der Waals surface area contributed by atoms with E-state index >= 15 is 4.39 Å². The zero-order valence-corrected chi connectivity index (χ0v) is 25.1. The van der Waals surface area contributed by atoms with Crippen molar-refractivity contribution < 1.29 is 27.4 Å². The molecule has 0 spiro atoms. The van der Waals surface area contributed by atoms with Gasteiger partial charge in [0.15, 0.2) is 0 Å². The van der Waals surface area contributed by atoms with Crippen molar-refractivity contribution in [2.45, 2.75) is 54.1 Å². The molecule has 2 aromatic rings. The third kappa shape index (κ3) is 10.6. The summed E-state index contributed by atoms with van der Waals surface area (Å²) < 4.78 is 51.7. The Morgan fingerprint density at radius 3 is 2.60 bits per heavy atom. The number of halogens is 3. The number of nitrogens with one attached hydrogen (secondary N) is 1. The minimum Gasteiger partial charge on any atom is -0.462 e. The number of anilines is 1. The fourth-order valence-corrected chi connectivity index (χ4v) is 4.04. The Balaban J connectivity index is 2.39. The number of aromatic nitrogens is 2. The van der Waals surface area contributed by atoms with Gasteiger partial charge in [0.05, 0.1) is 11.3 Å². The molecule has 7 nitrogen and oxygen atoms in total. The number of nitrogens with zero attached hydrogens (tertiary/aromatic N) is 3. The summed E-state index contributed by atoms with van der Waals surface area (Å²) in [6.45, 7) is 9.87. The van der Waals surface area contributed by atoms with Gasteiger partial charge in [0.2, 0.25) is 5.13 Å². The fraction of sp³-hybridized carbons (Fsp3) is 0.290. The number of aliphatic imine (C=N–C) groups is 1. The second-order valence-corrected chi connectivity index (χ2v) is 9.76. The van der Waals surface area contributed by atoms with E-state index in [-0.39, 0.29) is 33.6 Å². The molecule has 0 aliphatic rings. The molecule has 0 aliphatic heterocycles. The number of alkyl halides is 2. The smallest absolute Gasteiger partial charge is 0.387 e. The number of amides is 1. The van der Waals surface area contributed by atoms with Crippen LogP contribution in [0.3, 0.4) is 0 Å². The van der Waals surface area contributed by atoms with Crippen molar-refractivity contribution in [1.29, 1.82) is 0 Å². The summed E-state index contributed by atoms with van der Waals surface area (Å²) in [7, 11) is 0. The summed E-state index contributed by atoms with van der Waals surface area (Å²) in [6, 6.07) is 3.59. The third-order valence-corrected chi connectivity index (χ3v) is 6.06. The standard InChI is InChI=1S/C31H35F3N4O3S/c1-7-11-14-23(24(17-20(5)6)27-25(32)15-12-16-26(27)41-29(33)34)28(39)36-30-37-38-31(42-30)40-19-22(10-4)35-18-21(9-3)13-8-2/h9-18,29H,3,7-8,19H2,1-2,4-6H3,(H,36,37,39)/b14-11+,21-13+,22-10-,24-23-,35-18-. The molecule has 0 bridgehead atoms. The molecule has 1 heterocycles. The van der Waals surface area contributed by atoms with E-state index in [1.54, 1.807) is 38.3 Å². The molecule has 2 rings (SSSR count). The molecule has 0 atom stereocenters. The zero-order chi connectivity index (χ0) is 31.1. The van der Waals surface area contributed by atoms with Crippen LogP contribution in [0.1, 0.15) is 53.0 Å². The van der Waals surface area contributed by atoms with E-state index in [0.717, 1.165) is 29.4 Å². The van der Waals surface area contributed by atoms with Crippen LogP contribution in [0, 0.1) is 5.82 Å².